The fraction of sp³-hybridized carbons (Fsp3) is 0.600. The highest BCUT2D eigenvalue weighted by Crippen LogP contribution is 2.29. The molecule has 3 nitrogen and oxygen atoms in total. The molecule has 0 fully saturated rings. The maximum Gasteiger partial charge on any atom is 0.110 e. The first-order valence-corrected chi connectivity index (χ1v) is 4.72. The first-order chi connectivity index (χ1) is 6.22. The average molecular weight is 180 g/mol. The number of nitrogens with two attached hydrogens (primary N) is 1. The molecule has 1 unspecified atom stereocenters. The Bertz CT molecular complexity index is 306. The van der Waals surface area contributed by atoms with Crippen molar-refractivity contribution in [2.75, 3.05) is 20.1 Å². The van der Waals surface area contributed by atoms with Gasteiger partial charge in [-0.3, -0.25) is 4.90 Å². The Kier molecular flexibility index (Phi) is 2.14. The van der Waals surface area contributed by atoms with E-state index >= 15 is 0 Å². The van der Waals surface area contributed by atoms with Gasteiger partial charge in [-0.2, -0.15) is 0 Å². The SMILES string of the molecule is Cc1cc2c(o1)CCN(C)C2CN. The topological polar surface area (TPSA) is 42.4 Å². The van der Waals surface area contributed by atoms with Gasteiger partial charge < -0.3 is 10.2 Å². The smallest absolute Gasteiger partial charge is 0.110 e. The summed E-state index contributed by atoms with van der Waals surface area (Å²) in [6.07, 6.45) is 1.01. The van der Waals surface area contributed by atoms with Crippen LogP contribution in [0, 0.1) is 6.92 Å². The van der Waals surface area contributed by atoms with Crippen LogP contribution in [0.4, 0.5) is 0 Å². The predicted molar refractivity (Wildman–Crippen MR) is 51.6 cm³/mol. The lowest BCUT2D eigenvalue weighted by Crippen LogP contribution is -2.35. The van der Waals surface area contributed by atoms with Crippen molar-refractivity contribution in [1.82, 2.24) is 4.90 Å². The monoisotopic (exact) mass is 180 g/mol. The average Bonchev–Trinajstić information content (AvgIpc) is 2.45. The third-order valence-corrected chi connectivity index (χ3v) is 2.77. The van der Waals surface area contributed by atoms with Gasteiger partial charge in [0.15, 0.2) is 0 Å². The normalized spacial score (nSPS) is 23.2. The molecule has 1 aromatic rings. The van der Waals surface area contributed by atoms with Gasteiger partial charge in [0.2, 0.25) is 0 Å². The second kappa shape index (κ2) is 3.16. The van der Waals surface area contributed by atoms with Crippen LogP contribution >= 0.6 is 0 Å². The van der Waals surface area contributed by atoms with E-state index in [4.69, 9.17) is 10.2 Å². The van der Waals surface area contributed by atoms with E-state index < -0.39 is 0 Å². The van der Waals surface area contributed by atoms with Gasteiger partial charge in [0, 0.05) is 25.1 Å². The first-order valence-electron chi connectivity index (χ1n) is 4.72. The maximum absolute atomic E-state index is 5.73. The highest BCUT2D eigenvalue weighted by Gasteiger charge is 2.26. The minimum Gasteiger partial charge on any atom is -0.466 e. The number of furan rings is 1. The summed E-state index contributed by atoms with van der Waals surface area (Å²) in [7, 11) is 2.11. The Labute approximate surface area is 78.5 Å². The summed E-state index contributed by atoms with van der Waals surface area (Å²) in [6, 6.07) is 2.46. The molecule has 0 saturated carbocycles. The Balaban J connectivity index is 2.38. The van der Waals surface area contributed by atoms with Crippen LogP contribution in [0.2, 0.25) is 0 Å². The van der Waals surface area contributed by atoms with Gasteiger partial charge in [-0.05, 0) is 20.0 Å². The zero-order valence-electron chi connectivity index (χ0n) is 8.21. The number of likely N-dealkylation sites (N-methyl/N-ethyl adjacent to an activating group) is 1. The molecule has 72 valence electrons. The van der Waals surface area contributed by atoms with Crippen LogP contribution < -0.4 is 5.73 Å². The number of hydrogen-bond donors (Lipinski definition) is 1. The number of nitrogens with zero attached hydrogens (tertiary/aromatic N) is 1. The van der Waals surface area contributed by atoms with Gasteiger partial charge in [-0.25, -0.2) is 0 Å². The van der Waals surface area contributed by atoms with Gasteiger partial charge in [0.25, 0.3) is 0 Å². The molecule has 1 atom stereocenters. The van der Waals surface area contributed by atoms with Crippen molar-refractivity contribution in [3.63, 3.8) is 0 Å². The number of hydrogen-bond acceptors (Lipinski definition) is 3. The molecule has 2 N–H and O–H groups in total. The second-order valence-electron chi connectivity index (χ2n) is 3.72. The molecule has 1 aromatic heterocycles. The van der Waals surface area contributed by atoms with E-state index in [9.17, 15) is 0 Å². The van der Waals surface area contributed by atoms with E-state index in [1.165, 1.54) is 5.56 Å². The molecule has 3 heteroatoms. The van der Waals surface area contributed by atoms with E-state index in [0.29, 0.717) is 12.6 Å². The van der Waals surface area contributed by atoms with Crippen molar-refractivity contribution < 1.29 is 4.42 Å². The fourth-order valence-corrected chi connectivity index (χ4v) is 2.04. The molecule has 0 saturated heterocycles. The molecule has 2 heterocycles. The van der Waals surface area contributed by atoms with E-state index in [-0.39, 0.29) is 0 Å². The first kappa shape index (κ1) is 8.78. The van der Waals surface area contributed by atoms with Gasteiger partial charge >= 0.3 is 0 Å². The summed E-state index contributed by atoms with van der Waals surface area (Å²) in [6.45, 7) is 3.70. The Hall–Kier alpha value is -0.800. The van der Waals surface area contributed by atoms with Gasteiger partial charge in [0.1, 0.15) is 11.5 Å². The van der Waals surface area contributed by atoms with Crippen LogP contribution in [-0.2, 0) is 6.42 Å². The van der Waals surface area contributed by atoms with Gasteiger partial charge in [-0.1, -0.05) is 0 Å². The summed E-state index contributed by atoms with van der Waals surface area (Å²) >= 11 is 0. The Morgan fingerprint density at radius 1 is 1.69 bits per heavy atom. The van der Waals surface area contributed by atoms with E-state index in [2.05, 4.69) is 18.0 Å². The van der Waals surface area contributed by atoms with Gasteiger partial charge in [-0.15, -0.1) is 0 Å². The molecule has 1 aliphatic rings. The molecule has 0 bridgehead atoms. The summed E-state index contributed by atoms with van der Waals surface area (Å²) in [4.78, 5) is 2.29. The molecule has 2 rings (SSSR count). The summed E-state index contributed by atoms with van der Waals surface area (Å²) in [5.41, 5.74) is 7.02. The van der Waals surface area contributed by atoms with Crippen molar-refractivity contribution in [2.45, 2.75) is 19.4 Å². The molecule has 0 aliphatic carbocycles. The molecule has 1 aliphatic heterocycles. The fourth-order valence-electron chi connectivity index (χ4n) is 2.04. The van der Waals surface area contributed by atoms with E-state index in [1.807, 2.05) is 6.92 Å². The quantitative estimate of drug-likeness (QED) is 0.703. The van der Waals surface area contributed by atoms with E-state index in [1.54, 1.807) is 0 Å². The zero-order chi connectivity index (χ0) is 9.42. The van der Waals surface area contributed by atoms with Crippen LogP contribution in [0.1, 0.15) is 23.1 Å². The molecule has 0 aromatic carbocycles. The van der Waals surface area contributed by atoms with Crippen LogP contribution in [0.3, 0.4) is 0 Å². The predicted octanol–water partition coefficient (Wildman–Crippen LogP) is 1.08. The molecular formula is C10H16N2O. The van der Waals surface area contributed by atoms with Crippen LogP contribution in [0.15, 0.2) is 10.5 Å². The van der Waals surface area contributed by atoms with Crippen molar-refractivity contribution in [2.24, 2.45) is 5.73 Å². The lowest BCUT2D eigenvalue weighted by atomic mass is 10.00. The molecular weight excluding hydrogens is 164 g/mol. The van der Waals surface area contributed by atoms with Crippen LogP contribution in [-0.4, -0.2) is 25.0 Å². The summed E-state index contributed by atoms with van der Waals surface area (Å²) in [5.74, 6) is 2.13. The standard InChI is InChI=1S/C10H16N2O/c1-7-5-8-9(6-11)12(2)4-3-10(8)13-7/h5,9H,3-4,6,11H2,1-2H3. The van der Waals surface area contributed by atoms with Crippen LogP contribution in [0.5, 0.6) is 0 Å². The zero-order valence-corrected chi connectivity index (χ0v) is 8.21. The number of fused-ring (bicyclic) bond motifs is 1. The Morgan fingerprint density at radius 2 is 2.46 bits per heavy atom. The van der Waals surface area contributed by atoms with Crippen molar-refractivity contribution >= 4 is 0 Å². The lowest BCUT2D eigenvalue weighted by molar-refractivity contribution is 0.224. The highest BCUT2D eigenvalue weighted by molar-refractivity contribution is 5.27. The minimum atomic E-state index is 0.348. The third-order valence-electron chi connectivity index (χ3n) is 2.77. The molecule has 0 amide bonds. The molecule has 13 heavy (non-hydrogen) atoms. The van der Waals surface area contributed by atoms with Crippen molar-refractivity contribution in [3.05, 3.63) is 23.2 Å². The Morgan fingerprint density at radius 3 is 3.15 bits per heavy atom. The summed E-state index contributed by atoms with van der Waals surface area (Å²) < 4.78 is 5.60. The van der Waals surface area contributed by atoms with Gasteiger partial charge in [0.05, 0.1) is 6.04 Å². The molecule has 0 spiro atoms. The van der Waals surface area contributed by atoms with Crippen molar-refractivity contribution in [1.29, 1.82) is 0 Å². The van der Waals surface area contributed by atoms with Crippen LogP contribution in [0.25, 0.3) is 0 Å². The minimum absolute atomic E-state index is 0.348. The lowest BCUT2D eigenvalue weighted by Gasteiger charge is -2.30. The maximum atomic E-state index is 5.73. The largest absolute Gasteiger partial charge is 0.466 e. The number of rotatable bonds is 1. The van der Waals surface area contributed by atoms with E-state index in [0.717, 1.165) is 24.5 Å². The molecule has 0 radical (unpaired) electrons. The summed E-state index contributed by atoms with van der Waals surface area (Å²) in [5, 5.41) is 0. The highest BCUT2D eigenvalue weighted by atomic mass is 16.3. The number of aryl methyl sites for hydroxylation is 1. The van der Waals surface area contributed by atoms with Crippen molar-refractivity contribution in [3.8, 4) is 0 Å². The second-order valence-corrected chi connectivity index (χ2v) is 3.72. The third kappa shape index (κ3) is 1.38.